The Bertz CT molecular complexity index is 392. The molecule has 18 heavy (non-hydrogen) atoms. The Morgan fingerprint density at radius 2 is 2.11 bits per heavy atom. The fraction of sp³-hybridized carbons (Fsp3) is 0.643. The fourth-order valence-corrected chi connectivity index (χ4v) is 2.56. The Hall–Kier alpha value is -1.29. The summed E-state index contributed by atoms with van der Waals surface area (Å²) in [6.45, 7) is 3.14. The smallest absolute Gasteiger partial charge is 0.223 e. The fourth-order valence-electron chi connectivity index (χ4n) is 2.56. The molecule has 1 heterocycles. The van der Waals surface area contributed by atoms with E-state index in [2.05, 4.69) is 5.32 Å². The quantitative estimate of drug-likeness (QED) is 0.858. The summed E-state index contributed by atoms with van der Waals surface area (Å²) in [6, 6.07) is 3.81. The molecule has 1 saturated carbocycles. The molecule has 0 spiro atoms. The second kappa shape index (κ2) is 6.05. The molecular formula is C14H22N2O2. The van der Waals surface area contributed by atoms with Crippen molar-refractivity contribution in [2.24, 2.45) is 17.6 Å². The largest absolute Gasteiger partial charge is 0.465 e. The normalized spacial score (nSPS) is 23.9. The van der Waals surface area contributed by atoms with Gasteiger partial charge in [0.05, 0.1) is 6.54 Å². The van der Waals surface area contributed by atoms with Crippen LogP contribution in [-0.2, 0) is 11.3 Å². The van der Waals surface area contributed by atoms with Crippen molar-refractivity contribution in [3.8, 4) is 0 Å². The summed E-state index contributed by atoms with van der Waals surface area (Å²) < 4.78 is 5.42. The van der Waals surface area contributed by atoms with E-state index in [0.29, 0.717) is 12.5 Å². The molecule has 0 radical (unpaired) electrons. The molecule has 0 atom stereocenters. The molecule has 2 rings (SSSR count). The number of hydrogen-bond acceptors (Lipinski definition) is 3. The minimum Gasteiger partial charge on any atom is -0.465 e. The highest BCUT2D eigenvalue weighted by molar-refractivity contribution is 5.78. The molecule has 1 aliphatic rings. The van der Waals surface area contributed by atoms with Gasteiger partial charge in [0.2, 0.25) is 5.91 Å². The highest BCUT2D eigenvalue weighted by atomic mass is 16.3. The third-order valence-corrected chi connectivity index (χ3v) is 3.78. The second-order valence-electron chi connectivity index (χ2n) is 5.18. The van der Waals surface area contributed by atoms with Gasteiger partial charge in [0.25, 0.3) is 0 Å². The van der Waals surface area contributed by atoms with E-state index in [1.54, 1.807) is 0 Å². The van der Waals surface area contributed by atoms with Crippen molar-refractivity contribution in [3.05, 3.63) is 23.7 Å². The number of furan rings is 1. The van der Waals surface area contributed by atoms with Crippen LogP contribution in [0.4, 0.5) is 0 Å². The third-order valence-electron chi connectivity index (χ3n) is 3.78. The van der Waals surface area contributed by atoms with Crippen LogP contribution in [-0.4, -0.2) is 12.5 Å². The van der Waals surface area contributed by atoms with Crippen LogP contribution in [0.1, 0.15) is 37.2 Å². The van der Waals surface area contributed by atoms with Gasteiger partial charge in [-0.05, 0) is 57.2 Å². The molecular weight excluding hydrogens is 228 g/mol. The monoisotopic (exact) mass is 250 g/mol. The number of nitrogens with one attached hydrogen (secondary N) is 1. The van der Waals surface area contributed by atoms with E-state index in [-0.39, 0.29) is 11.8 Å². The topological polar surface area (TPSA) is 68.3 Å². The van der Waals surface area contributed by atoms with Crippen LogP contribution < -0.4 is 11.1 Å². The van der Waals surface area contributed by atoms with E-state index in [1.165, 1.54) is 0 Å². The maximum Gasteiger partial charge on any atom is 0.223 e. The maximum atomic E-state index is 12.0. The molecule has 1 aromatic rings. The van der Waals surface area contributed by atoms with Crippen LogP contribution in [0.2, 0.25) is 0 Å². The highest BCUT2D eigenvalue weighted by Gasteiger charge is 2.25. The molecule has 3 N–H and O–H groups in total. The van der Waals surface area contributed by atoms with E-state index < -0.39 is 0 Å². The van der Waals surface area contributed by atoms with Gasteiger partial charge in [0, 0.05) is 5.92 Å². The zero-order valence-corrected chi connectivity index (χ0v) is 10.9. The third kappa shape index (κ3) is 3.35. The predicted molar refractivity (Wildman–Crippen MR) is 69.8 cm³/mol. The van der Waals surface area contributed by atoms with E-state index in [0.717, 1.165) is 43.7 Å². The van der Waals surface area contributed by atoms with Crippen LogP contribution in [0.25, 0.3) is 0 Å². The van der Waals surface area contributed by atoms with Crippen molar-refractivity contribution in [1.82, 2.24) is 5.32 Å². The Morgan fingerprint density at radius 3 is 2.67 bits per heavy atom. The molecule has 0 saturated heterocycles. The predicted octanol–water partition coefficient (Wildman–Crippen LogP) is 1.97. The molecule has 1 aliphatic carbocycles. The van der Waals surface area contributed by atoms with Crippen molar-refractivity contribution in [2.45, 2.75) is 39.2 Å². The van der Waals surface area contributed by atoms with Gasteiger partial charge in [-0.15, -0.1) is 0 Å². The zero-order chi connectivity index (χ0) is 13.0. The lowest BCUT2D eigenvalue weighted by Crippen LogP contribution is -2.33. The van der Waals surface area contributed by atoms with Crippen molar-refractivity contribution in [1.29, 1.82) is 0 Å². The van der Waals surface area contributed by atoms with Crippen LogP contribution in [0.15, 0.2) is 16.5 Å². The average Bonchev–Trinajstić information content (AvgIpc) is 2.82. The second-order valence-corrected chi connectivity index (χ2v) is 5.18. The first-order valence-corrected chi connectivity index (χ1v) is 6.72. The first-order valence-electron chi connectivity index (χ1n) is 6.72. The van der Waals surface area contributed by atoms with Gasteiger partial charge in [0.15, 0.2) is 0 Å². The molecule has 1 fully saturated rings. The first-order chi connectivity index (χ1) is 8.69. The summed E-state index contributed by atoms with van der Waals surface area (Å²) in [6.07, 6.45) is 4.08. The van der Waals surface area contributed by atoms with Gasteiger partial charge in [-0.2, -0.15) is 0 Å². The highest BCUT2D eigenvalue weighted by Crippen LogP contribution is 2.28. The van der Waals surface area contributed by atoms with Gasteiger partial charge in [0.1, 0.15) is 11.5 Å². The van der Waals surface area contributed by atoms with Crippen molar-refractivity contribution >= 4 is 5.91 Å². The van der Waals surface area contributed by atoms with Crippen LogP contribution in [0.3, 0.4) is 0 Å². The van der Waals surface area contributed by atoms with Crippen LogP contribution >= 0.6 is 0 Å². The summed E-state index contributed by atoms with van der Waals surface area (Å²) in [4.78, 5) is 12.0. The van der Waals surface area contributed by atoms with Gasteiger partial charge in [-0.25, -0.2) is 0 Å². The molecule has 4 heteroatoms. The maximum absolute atomic E-state index is 12.0. The minimum absolute atomic E-state index is 0.152. The molecule has 1 aromatic heterocycles. The number of rotatable bonds is 4. The summed E-state index contributed by atoms with van der Waals surface area (Å²) in [5, 5.41) is 2.95. The average molecular weight is 250 g/mol. The van der Waals surface area contributed by atoms with Gasteiger partial charge in [-0.1, -0.05) is 0 Å². The Labute approximate surface area is 108 Å². The number of carbonyl (C=O) groups excluding carboxylic acids is 1. The lowest BCUT2D eigenvalue weighted by atomic mass is 9.81. The Balaban J connectivity index is 1.75. The summed E-state index contributed by atoms with van der Waals surface area (Å²) in [7, 11) is 0. The lowest BCUT2D eigenvalue weighted by Gasteiger charge is -2.26. The number of aryl methyl sites for hydroxylation is 1. The number of amides is 1. The van der Waals surface area contributed by atoms with E-state index in [9.17, 15) is 4.79 Å². The Kier molecular flexibility index (Phi) is 4.42. The minimum atomic E-state index is 0.152. The van der Waals surface area contributed by atoms with Gasteiger partial charge >= 0.3 is 0 Å². The van der Waals surface area contributed by atoms with Gasteiger partial charge < -0.3 is 15.5 Å². The molecule has 4 nitrogen and oxygen atoms in total. The van der Waals surface area contributed by atoms with E-state index in [4.69, 9.17) is 10.2 Å². The number of carbonyl (C=O) groups is 1. The van der Waals surface area contributed by atoms with E-state index in [1.807, 2.05) is 19.1 Å². The number of nitrogens with two attached hydrogens (primary N) is 1. The molecule has 0 unspecified atom stereocenters. The molecule has 0 aliphatic heterocycles. The molecule has 0 aromatic carbocycles. The molecule has 100 valence electrons. The van der Waals surface area contributed by atoms with Gasteiger partial charge in [-0.3, -0.25) is 4.79 Å². The standard InChI is InChI=1S/C14H22N2O2/c1-10-2-7-13(18-10)9-16-14(17)12-5-3-11(8-15)4-6-12/h2,7,11-12H,3-6,8-9,15H2,1H3,(H,16,17). The Morgan fingerprint density at radius 1 is 1.39 bits per heavy atom. The first kappa shape index (κ1) is 13.1. The SMILES string of the molecule is Cc1ccc(CNC(=O)C2CCC(CN)CC2)o1. The lowest BCUT2D eigenvalue weighted by molar-refractivity contribution is -0.126. The zero-order valence-electron chi connectivity index (χ0n) is 10.9. The summed E-state index contributed by atoms with van der Waals surface area (Å²) in [5.41, 5.74) is 5.65. The van der Waals surface area contributed by atoms with Crippen LogP contribution in [0, 0.1) is 18.8 Å². The van der Waals surface area contributed by atoms with Crippen molar-refractivity contribution in [3.63, 3.8) is 0 Å². The van der Waals surface area contributed by atoms with Crippen molar-refractivity contribution in [2.75, 3.05) is 6.54 Å². The van der Waals surface area contributed by atoms with Crippen molar-refractivity contribution < 1.29 is 9.21 Å². The summed E-state index contributed by atoms with van der Waals surface area (Å²) >= 11 is 0. The molecule has 1 amide bonds. The molecule has 0 bridgehead atoms. The number of hydrogen-bond donors (Lipinski definition) is 2. The van der Waals surface area contributed by atoms with Crippen LogP contribution in [0.5, 0.6) is 0 Å². The summed E-state index contributed by atoms with van der Waals surface area (Å²) in [5.74, 6) is 2.62. The van der Waals surface area contributed by atoms with E-state index >= 15 is 0 Å².